The highest BCUT2D eigenvalue weighted by Gasteiger charge is 2.39. The van der Waals surface area contributed by atoms with Gasteiger partial charge in [0.25, 0.3) is 5.69 Å². The van der Waals surface area contributed by atoms with Crippen LogP contribution in [-0.2, 0) is 27.2 Å². The Morgan fingerprint density at radius 3 is 2.53 bits per heavy atom. The minimum absolute atomic E-state index is 0.0141. The van der Waals surface area contributed by atoms with Gasteiger partial charge in [0.05, 0.1) is 24.4 Å². The van der Waals surface area contributed by atoms with Crippen LogP contribution in [0.4, 0.5) is 5.69 Å². The number of hydrogen-bond acceptors (Lipinski definition) is 5. The van der Waals surface area contributed by atoms with Crippen molar-refractivity contribution < 1.29 is 19.3 Å². The maximum absolute atomic E-state index is 13.2. The Balaban J connectivity index is 1.60. The van der Waals surface area contributed by atoms with Crippen molar-refractivity contribution in [2.75, 3.05) is 26.2 Å². The van der Waals surface area contributed by atoms with E-state index in [9.17, 15) is 24.5 Å². The highest BCUT2D eigenvalue weighted by atomic mass is 35.5. The van der Waals surface area contributed by atoms with E-state index >= 15 is 0 Å². The van der Waals surface area contributed by atoms with E-state index in [0.29, 0.717) is 22.9 Å². The fraction of sp³-hybridized carbons (Fsp3) is 0.320. The van der Waals surface area contributed by atoms with Crippen LogP contribution in [0.15, 0.2) is 42.5 Å². The molecule has 1 heterocycles. The molecule has 1 saturated heterocycles. The van der Waals surface area contributed by atoms with Gasteiger partial charge in [0.15, 0.2) is 0 Å². The molecule has 2 aromatic carbocycles. The van der Waals surface area contributed by atoms with E-state index in [1.54, 1.807) is 30.3 Å². The van der Waals surface area contributed by atoms with Crippen molar-refractivity contribution in [1.29, 1.82) is 0 Å². The van der Waals surface area contributed by atoms with Gasteiger partial charge in [-0.3, -0.25) is 24.5 Å². The average molecular weight is 531 g/mol. The lowest BCUT2D eigenvalue weighted by Gasteiger charge is -2.39. The standard InChI is InChI=1S/C25H24Cl2N4O5/c1-2-12-30-22(15-23(32)28-11-9-17-3-7-20(8-4-17)31(35)36)25(34)29(16-24(30)33)13-10-18-5-6-19(26)14-21(18)27/h1,3-8,14,22H,9-13,15-16H2,(H,28,32). The molecule has 188 valence electrons. The van der Waals surface area contributed by atoms with Crippen molar-refractivity contribution in [1.82, 2.24) is 15.1 Å². The Morgan fingerprint density at radius 1 is 1.17 bits per heavy atom. The van der Waals surface area contributed by atoms with Gasteiger partial charge in [-0.05, 0) is 36.1 Å². The summed E-state index contributed by atoms with van der Waals surface area (Å²) >= 11 is 12.2. The highest BCUT2D eigenvalue weighted by Crippen LogP contribution is 2.23. The molecule has 1 atom stereocenters. The molecule has 0 aromatic heterocycles. The average Bonchev–Trinajstić information content (AvgIpc) is 2.83. The number of halogens is 2. The number of benzene rings is 2. The number of nitro groups is 1. The summed E-state index contributed by atoms with van der Waals surface area (Å²) in [5, 5.41) is 14.5. The number of terminal acetylenes is 1. The van der Waals surface area contributed by atoms with Crippen LogP contribution in [0, 0.1) is 22.5 Å². The number of nitro benzene ring substituents is 1. The third-order valence-corrected chi connectivity index (χ3v) is 6.40. The lowest BCUT2D eigenvalue weighted by atomic mass is 10.0. The zero-order valence-electron chi connectivity index (χ0n) is 19.3. The fourth-order valence-corrected chi connectivity index (χ4v) is 4.39. The van der Waals surface area contributed by atoms with Gasteiger partial charge in [-0.1, -0.05) is 47.3 Å². The van der Waals surface area contributed by atoms with E-state index in [4.69, 9.17) is 29.6 Å². The third kappa shape index (κ3) is 6.97. The first-order valence-corrected chi connectivity index (χ1v) is 11.9. The number of carbonyl (C=O) groups is 3. The molecule has 11 heteroatoms. The highest BCUT2D eigenvalue weighted by molar-refractivity contribution is 6.35. The maximum atomic E-state index is 13.2. The van der Waals surface area contributed by atoms with E-state index in [1.807, 2.05) is 0 Å². The number of non-ortho nitro benzene ring substituents is 1. The minimum atomic E-state index is -1.01. The molecule has 1 aliphatic heterocycles. The van der Waals surface area contributed by atoms with E-state index in [-0.39, 0.29) is 50.1 Å². The van der Waals surface area contributed by atoms with Crippen molar-refractivity contribution in [3.63, 3.8) is 0 Å². The molecule has 36 heavy (non-hydrogen) atoms. The Bertz CT molecular complexity index is 1200. The zero-order chi connectivity index (χ0) is 26.2. The van der Waals surface area contributed by atoms with Crippen LogP contribution in [0.5, 0.6) is 0 Å². The second-order valence-corrected chi connectivity index (χ2v) is 9.06. The first-order valence-electron chi connectivity index (χ1n) is 11.1. The van der Waals surface area contributed by atoms with Gasteiger partial charge in [0.2, 0.25) is 17.7 Å². The summed E-state index contributed by atoms with van der Waals surface area (Å²) in [5.41, 5.74) is 1.58. The summed E-state index contributed by atoms with van der Waals surface area (Å²) in [6.45, 7) is 0.291. The largest absolute Gasteiger partial charge is 0.356 e. The van der Waals surface area contributed by atoms with Crippen molar-refractivity contribution in [2.45, 2.75) is 25.3 Å². The molecule has 3 amide bonds. The summed E-state index contributed by atoms with van der Waals surface area (Å²) in [5.74, 6) is 1.27. The van der Waals surface area contributed by atoms with Crippen LogP contribution in [0.2, 0.25) is 10.0 Å². The summed E-state index contributed by atoms with van der Waals surface area (Å²) in [4.78, 5) is 51.5. The molecule has 2 aromatic rings. The molecule has 0 saturated carbocycles. The van der Waals surface area contributed by atoms with Gasteiger partial charge in [-0.15, -0.1) is 6.42 Å². The normalized spacial score (nSPS) is 15.5. The third-order valence-electron chi connectivity index (χ3n) is 5.81. The van der Waals surface area contributed by atoms with Crippen LogP contribution in [0.3, 0.4) is 0 Å². The lowest BCUT2D eigenvalue weighted by Crippen LogP contribution is -2.61. The van der Waals surface area contributed by atoms with Gasteiger partial charge in [-0.25, -0.2) is 0 Å². The van der Waals surface area contributed by atoms with E-state index < -0.39 is 16.9 Å². The first kappa shape index (κ1) is 27.0. The monoisotopic (exact) mass is 530 g/mol. The number of nitrogens with one attached hydrogen (secondary N) is 1. The van der Waals surface area contributed by atoms with Gasteiger partial charge in [0, 0.05) is 35.3 Å². The second-order valence-electron chi connectivity index (χ2n) is 8.21. The molecule has 1 N–H and O–H groups in total. The summed E-state index contributed by atoms with van der Waals surface area (Å²) in [7, 11) is 0. The van der Waals surface area contributed by atoms with Crippen molar-refractivity contribution in [3.05, 3.63) is 73.8 Å². The van der Waals surface area contributed by atoms with Gasteiger partial charge in [-0.2, -0.15) is 0 Å². The van der Waals surface area contributed by atoms with Crippen LogP contribution < -0.4 is 5.32 Å². The quantitative estimate of drug-likeness (QED) is 0.288. The van der Waals surface area contributed by atoms with Crippen LogP contribution >= 0.6 is 23.2 Å². The molecule has 3 rings (SSSR count). The number of rotatable bonds is 10. The Hall–Kier alpha value is -3.61. The van der Waals surface area contributed by atoms with Gasteiger partial charge < -0.3 is 15.1 Å². The first-order chi connectivity index (χ1) is 17.2. The smallest absolute Gasteiger partial charge is 0.269 e. The molecule has 0 radical (unpaired) electrons. The summed E-state index contributed by atoms with van der Waals surface area (Å²) < 4.78 is 0. The van der Waals surface area contributed by atoms with Crippen molar-refractivity contribution >= 4 is 46.6 Å². The van der Waals surface area contributed by atoms with E-state index in [0.717, 1.165) is 11.1 Å². The molecule has 0 spiro atoms. The van der Waals surface area contributed by atoms with Crippen molar-refractivity contribution in [2.24, 2.45) is 0 Å². The SMILES string of the molecule is C#CCN1C(=O)CN(CCc2ccc(Cl)cc2Cl)C(=O)C1CC(=O)NCCc1ccc([N+](=O)[O-])cc1. The maximum Gasteiger partial charge on any atom is 0.269 e. The Labute approximate surface area is 218 Å². The zero-order valence-corrected chi connectivity index (χ0v) is 20.8. The van der Waals surface area contributed by atoms with Crippen LogP contribution in [0.1, 0.15) is 17.5 Å². The molecular weight excluding hydrogens is 507 g/mol. The van der Waals surface area contributed by atoms with Crippen LogP contribution in [-0.4, -0.2) is 64.7 Å². The summed E-state index contributed by atoms with van der Waals surface area (Å²) in [6.07, 6.45) is 6.03. The number of nitrogens with zero attached hydrogens (tertiary/aromatic N) is 3. The Kier molecular flexibility index (Phi) is 9.28. The fourth-order valence-electron chi connectivity index (χ4n) is 3.89. The summed E-state index contributed by atoms with van der Waals surface area (Å²) in [6, 6.07) is 10.1. The molecule has 1 aliphatic rings. The lowest BCUT2D eigenvalue weighted by molar-refractivity contribution is -0.384. The van der Waals surface area contributed by atoms with Gasteiger partial charge in [0.1, 0.15) is 6.04 Å². The van der Waals surface area contributed by atoms with Gasteiger partial charge >= 0.3 is 0 Å². The Morgan fingerprint density at radius 2 is 1.89 bits per heavy atom. The predicted octanol–water partition coefficient (Wildman–Crippen LogP) is 2.87. The van der Waals surface area contributed by atoms with Crippen LogP contribution in [0.25, 0.3) is 0 Å². The molecule has 1 unspecified atom stereocenters. The molecule has 0 aliphatic carbocycles. The van der Waals surface area contributed by atoms with E-state index in [2.05, 4.69) is 11.2 Å². The molecule has 1 fully saturated rings. The number of amides is 3. The molecular formula is C25H24Cl2N4O5. The topological polar surface area (TPSA) is 113 Å². The predicted molar refractivity (Wildman–Crippen MR) is 136 cm³/mol. The number of carbonyl (C=O) groups excluding carboxylic acids is 3. The second kappa shape index (κ2) is 12.4. The number of piperazine rings is 1. The number of hydrogen-bond donors (Lipinski definition) is 1. The molecule has 0 bridgehead atoms. The van der Waals surface area contributed by atoms with E-state index in [1.165, 1.54) is 21.9 Å². The minimum Gasteiger partial charge on any atom is -0.356 e. The molecule has 9 nitrogen and oxygen atoms in total. The van der Waals surface area contributed by atoms with Crippen molar-refractivity contribution in [3.8, 4) is 12.3 Å².